The zero-order valence-corrected chi connectivity index (χ0v) is 41.4. The van der Waals surface area contributed by atoms with Gasteiger partial charge in [-0.25, -0.2) is 9.97 Å². The highest BCUT2D eigenvalue weighted by molar-refractivity contribution is 5.99. The van der Waals surface area contributed by atoms with E-state index in [1.165, 1.54) is 99.3 Å². The molecule has 0 saturated heterocycles. The van der Waals surface area contributed by atoms with Gasteiger partial charge in [0.25, 0.3) is 0 Å². The number of hydrogen-bond acceptors (Lipinski definition) is 6. The van der Waals surface area contributed by atoms with Gasteiger partial charge in [-0.3, -0.25) is 0 Å². The lowest BCUT2D eigenvalue weighted by Gasteiger charge is -2.23. The fraction of sp³-hybridized carbons (Fsp3) is 0.400. The number of nitrogens with one attached hydrogen (secondary N) is 2. The largest absolute Gasteiger partial charge is 0.374 e. The standard InChI is InChI=1S/C60H74N8/c1-5-9-13-33-65-37-25-45(26-38-65)57-49-17-19-51(61-49)58(46-27-39-66(40-28-46)34-14-10-6-2)53-21-23-55(63-53)60(48-31-43-68(44-32-48)36-16-12-8-4)56-24-22-54(64-56)59(52-20-18-50(57)62-52)47-29-41-67(42-30-47)35-15-11-7-3/h17-32,37,39,41,43,61,64H,5-16,33-36,38,40,42,44H2,1-4H3. The first-order valence-corrected chi connectivity index (χ1v) is 26.2. The Morgan fingerprint density at radius 1 is 0.353 bits per heavy atom. The Morgan fingerprint density at radius 2 is 0.603 bits per heavy atom. The molecule has 0 aliphatic carbocycles. The maximum Gasteiger partial charge on any atom is 0.0737 e. The SMILES string of the molecule is CCCCCN1C=CC(c2c3nc(c(C4=CCN(CCCCC)C=C4)c4ccc([nH]4)c(C4=CCN(CCCCC)C=C4)c4nc(c(C5=CCN(CCCCC)C=C5)c5ccc2[nH]5)C=C4)C=C3)=CC1. The van der Waals surface area contributed by atoms with Crippen molar-refractivity contribution in [2.24, 2.45) is 0 Å². The van der Waals surface area contributed by atoms with Gasteiger partial charge in [0.05, 0.1) is 22.8 Å². The summed E-state index contributed by atoms with van der Waals surface area (Å²) < 4.78 is 0. The molecule has 9 rings (SSSR count). The zero-order chi connectivity index (χ0) is 46.7. The number of unbranched alkanes of at least 4 members (excludes halogenated alkanes) is 8. The number of aromatic amines is 2. The molecule has 0 unspecified atom stereocenters. The minimum atomic E-state index is 0.876. The van der Waals surface area contributed by atoms with Crippen LogP contribution in [0.1, 0.15) is 150 Å². The first-order chi connectivity index (χ1) is 33.5. The van der Waals surface area contributed by atoms with Crippen LogP contribution >= 0.6 is 0 Å². The molecule has 354 valence electrons. The number of rotatable bonds is 20. The molecule has 8 bridgehead atoms. The van der Waals surface area contributed by atoms with Gasteiger partial charge in [-0.2, -0.15) is 0 Å². The maximum atomic E-state index is 5.61. The smallest absolute Gasteiger partial charge is 0.0737 e. The summed E-state index contributed by atoms with van der Waals surface area (Å²) in [6.45, 7) is 16.9. The minimum Gasteiger partial charge on any atom is -0.374 e. The molecule has 0 radical (unpaired) electrons. The molecule has 0 fully saturated rings. The number of H-pyrrole nitrogens is 2. The molecular formula is C60H74N8. The summed E-state index contributed by atoms with van der Waals surface area (Å²) in [4.78, 5) is 29.0. The van der Waals surface area contributed by atoms with Gasteiger partial charge in [-0.15, -0.1) is 0 Å². The van der Waals surface area contributed by atoms with E-state index in [-0.39, 0.29) is 0 Å². The summed E-state index contributed by atoms with van der Waals surface area (Å²) in [5.41, 5.74) is 17.2. The van der Waals surface area contributed by atoms with E-state index in [2.05, 4.69) is 179 Å². The van der Waals surface area contributed by atoms with Gasteiger partial charge in [0, 0.05) is 96.7 Å². The van der Waals surface area contributed by atoms with E-state index < -0.39 is 0 Å². The molecule has 0 atom stereocenters. The molecule has 6 aliphatic rings. The first-order valence-electron chi connectivity index (χ1n) is 26.2. The fourth-order valence-electron chi connectivity index (χ4n) is 10.2. The molecule has 2 N–H and O–H groups in total. The number of allylic oxidation sites excluding steroid dienone is 8. The zero-order valence-electron chi connectivity index (χ0n) is 41.4. The molecule has 0 amide bonds. The Kier molecular flexibility index (Phi) is 15.6. The molecule has 6 aliphatic heterocycles. The number of aromatic nitrogens is 4. The topological polar surface area (TPSA) is 70.3 Å². The quantitative estimate of drug-likeness (QED) is 0.0758. The Labute approximate surface area is 406 Å². The van der Waals surface area contributed by atoms with Gasteiger partial charge in [-0.05, 0) is 146 Å². The normalized spacial score (nSPS) is 16.5. The Morgan fingerprint density at radius 3 is 0.809 bits per heavy atom. The second-order valence-electron chi connectivity index (χ2n) is 19.2. The Bertz CT molecular complexity index is 2410. The molecule has 0 saturated carbocycles. The second kappa shape index (κ2) is 22.7. The van der Waals surface area contributed by atoms with Crippen LogP contribution in [0.3, 0.4) is 0 Å². The molecule has 3 aromatic heterocycles. The van der Waals surface area contributed by atoms with Gasteiger partial charge < -0.3 is 29.6 Å². The van der Waals surface area contributed by atoms with E-state index in [1.807, 2.05) is 0 Å². The van der Waals surface area contributed by atoms with E-state index >= 15 is 0 Å². The molecule has 8 nitrogen and oxygen atoms in total. The monoisotopic (exact) mass is 907 g/mol. The lowest BCUT2D eigenvalue weighted by atomic mass is 10.0. The minimum absolute atomic E-state index is 0.876. The number of hydrogen-bond donors (Lipinski definition) is 2. The van der Waals surface area contributed by atoms with Crippen LogP contribution in [-0.4, -0.2) is 91.9 Å². The maximum absolute atomic E-state index is 5.61. The highest BCUT2D eigenvalue weighted by atomic mass is 15.1. The molecular weight excluding hydrogens is 833 g/mol. The van der Waals surface area contributed by atoms with Crippen molar-refractivity contribution in [3.8, 4) is 0 Å². The van der Waals surface area contributed by atoms with E-state index in [0.29, 0.717) is 0 Å². The van der Waals surface area contributed by atoms with Crippen molar-refractivity contribution in [2.75, 3.05) is 52.4 Å². The van der Waals surface area contributed by atoms with Crippen LogP contribution in [0.15, 0.2) is 97.7 Å². The van der Waals surface area contributed by atoms with Crippen molar-refractivity contribution in [1.29, 1.82) is 0 Å². The fourth-order valence-corrected chi connectivity index (χ4v) is 10.2. The average Bonchev–Trinajstić information content (AvgIpc) is 4.23. The van der Waals surface area contributed by atoms with Gasteiger partial charge in [-0.1, -0.05) is 103 Å². The summed E-state index contributed by atoms with van der Waals surface area (Å²) in [7, 11) is 0. The van der Waals surface area contributed by atoms with Crippen molar-refractivity contribution >= 4 is 68.7 Å². The number of nitrogens with zero attached hydrogens (tertiary/aromatic N) is 6. The van der Waals surface area contributed by atoms with Gasteiger partial charge in [0.2, 0.25) is 0 Å². The molecule has 0 aromatic carbocycles. The second-order valence-corrected chi connectivity index (χ2v) is 19.2. The summed E-state index contributed by atoms with van der Waals surface area (Å²) in [6.07, 6.45) is 51.5. The molecule has 3 aromatic rings. The first kappa shape index (κ1) is 46.8. The molecule has 9 heterocycles. The lowest BCUT2D eigenvalue weighted by Crippen LogP contribution is -2.21. The number of fused-ring (bicyclic) bond motifs is 8. The summed E-state index contributed by atoms with van der Waals surface area (Å²) in [5, 5.41) is 0. The van der Waals surface area contributed by atoms with E-state index in [9.17, 15) is 0 Å². The van der Waals surface area contributed by atoms with Crippen molar-refractivity contribution < 1.29 is 0 Å². The highest BCUT2D eigenvalue weighted by Crippen LogP contribution is 2.37. The van der Waals surface area contributed by atoms with Crippen LogP contribution in [0.25, 0.3) is 68.7 Å². The van der Waals surface area contributed by atoms with E-state index in [1.54, 1.807) is 0 Å². The van der Waals surface area contributed by atoms with Crippen molar-refractivity contribution in [2.45, 2.75) is 105 Å². The van der Waals surface area contributed by atoms with Crippen LogP contribution in [0.5, 0.6) is 0 Å². The van der Waals surface area contributed by atoms with Crippen LogP contribution in [0, 0.1) is 0 Å². The molecule has 68 heavy (non-hydrogen) atoms. The van der Waals surface area contributed by atoms with Crippen LogP contribution in [0.4, 0.5) is 0 Å². The highest BCUT2D eigenvalue weighted by Gasteiger charge is 2.22. The third kappa shape index (κ3) is 10.9. The van der Waals surface area contributed by atoms with Crippen LogP contribution in [0.2, 0.25) is 0 Å². The van der Waals surface area contributed by atoms with Crippen LogP contribution in [-0.2, 0) is 0 Å². The summed E-state index contributed by atoms with van der Waals surface area (Å²) in [5.74, 6) is 0. The predicted octanol–water partition coefficient (Wildman–Crippen LogP) is 14.3. The van der Waals surface area contributed by atoms with Gasteiger partial charge in [0.15, 0.2) is 0 Å². The third-order valence-corrected chi connectivity index (χ3v) is 14.1. The summed E-state index contributed by atoms with van der Waals surface area (Å²) >= 11 is 0. The van der Waals surface area contributed by atoms with Crippen molar-refractivity contribution in [3.63, 3.8) is 0 Å². The summed E-state index contributed by atoms with van der Waals surface area (Å²) in [6, 6.07) is 9.04. The Hall–Kier alpha value is -6.28. The Balaban J connectivity index is 1.25. The molecule has 8 heteroatoms. The van der Waals surface area contributed by atoms with Crippen molar-refractivity contribution in [3.05, 3.63) is 143 Å². The van der Waals surface area contributed by atoms with E-state index in [4.69, 9.17) is 9.97 Å². The van der Waals surface area contributed by atoms with Gasteiger partial charge >= 0.3 is 0 Å². The third-order valence-electron chi connectivity index (χ3n) is 14.1. The predicted molar refractivity (Wildman–Crippen MR) is 292 cm³/mol. The van der Waals surface area contributed by atoms with Crippen molar-refractivity contribution in [1.82, 2.24) is 39.5 Å². The lowest BCUT2D eigenvalue weighted by molar-refractivity contribution is 0.397. The van der Waals surface area contributed by atoms with Crippen LogP contribution < -0.4 is 0 Å². The van der Waals surface area contributed by atoms with E-state index in [0.717, 1.165) is 119 Å². The average molecular weight is 907 g/mol. The van der Waals surface area contributed by atoms with Gasteiger partial charge in [0.1, 0.15) is 0 Å². The molecule has 0 spiro atoms.